The molecule has 0 saturated heterocycles. The van der Waals surface area contributed by atoms with Crippen LogP contribution < -0.4 is 5.11 Å². The van der Waals surface area contributed by atoms with Gasteiger partial charge in [0.15, 0.2) is 6.61 Å². The van der Waals surface area contributed by atoms with E-state index in [9.17, 15) is 27.5 Å². The highest BCUT2D eigenvalue weighted by molar-refractivity contribution is 5.89. The number of carbonyl (C=O) groups is 1. The molecular weight excluding hydrogens is 256 g/mol. The van der Waals surface area contributed by atoms with Crippen LogP contribution in [0.15, 0.2) is 30.3 Å². The van der Waals surface area contributed by atoms with Gasteiger partial charge in [-0.05, 0) is 6.07 Å². The number of ether oxygens (including phenoxy) is 1. The zero-order chi connectivity index (χ0) is 13.8. The van der Waals surface area contributed by atoms with Crippen molar-refractivity contribution in [3.63, 3.8) is 0 Å². The van der Waals surface area contributed by atoms with Crippen molar-refractivity contribution in [3.05, 3.63) is 41.7 Å². The summed E-state index contributed by atoms with van der Waals surface area (Å²) >= 11 is 0. The minimum Gasteiger partial charge on any atom is -0.872 e. The first kappa shape index (κ1) is 14.0. The van der Waals surface area contributed by atoms with Gasteiger partial charge in [-0.3, -0.25) is 0 Å². The van der Waals surface area contributed by atoms with E-state index >= 15 is 0 Å². The second-order valence-corrected chi connectivity index (χ2v) is 3.21. The molecule has 0 amide bonds. The Kier molecular flexibility index (Phi) is 4.30. The van der Waals surface area contributed by atoms with Crippen LogP contribution in [0.3, 0.4) is 0 Å². The van der Waals surface area contributed by atoms with E-state index in [4.69, 9.17) is 0 Å². The van der Waals surface area contributed by atoms with Gasteiger partial charge in [-0.2, -0.15) is 13.2 Å². The van der Waals surface area contributed by atoms with E-state index in [1.807, 2.05) is 0 Å². The third-order valence-electron chi connectivity index (χ3n) is 1.77. The molecular formula is C11H7F4O3-. The van der Waals surface area contributed by atoms with Gasteiger partial charge < -0.3 is 9.84 Å². The summed E-state index contributed by atoms with van der Waals surface area (Å²) in [6.07, 6.45) is -4.41. The highest BCUT2D eigenvalue weighted by Crippen LogP contribution is 2.16. The maximum atomic E-state index is 13.1. The van der Waals surface area contributed by atoms with Crippen molar-refractivity contribution in [2.24, 2.45) is 0 Å². The van der Waals surface area contributed by atoms with Crippen LogP contribution in [-0.2, 0) is 9.53 Å². The molecule has 0 heterocycles. The van der Waals surface area contributed by atoms with Gasteiger partial charge in [0.05, 0.1) is 0 Å². The lowest BCUT2D eigenvalue weighted by molar-refractivity contribution is -0.244. The molecule has 0 saturated carbocycles. The predicted octanol–water partition coefficient (Wildman–Crippen LogP) is 1.63. The Hall–Kier alpha value is -2.05. The van der Waals surface area contributed by atoms with Crippen LogP contribution in [0.5, 0.6) is 0 Å². The van der Waals surface area contributed by atoms with Crippen molar-refractivity contribution in [3.8, 4) is 0 Å². The molecule has 0 atom stereocenters. The van der Waals surface area contributed by atoms with E-state index in [-0.39, 0.29) is 6.08 Å². The van der Waals surface area contributed by atoms with Crippen molar-refractivity contribution in [1.82, 2.24) is 0 Å². The Bertz CT molecular complexity index is 466. The predicted molar refractivity (Wildman–Crippen MR) is 51.4 cm³/mol. The number of hydrogen-bond donors (Lipinski definition) is 0. The van der Waals surface area contributed by atoms with Crippen LogP contribution in [0.25, 0.3) is 5.76 Å². The summed E-state index contributed by atoms with van der Waals surface area (Å²) in [5.41, 5.74) is -0.415. The van der Waals surface area contributed by atoms with Crippen LogP contribution >= 0.6 is 0 Å². The van der Waals surface area contributed by atoms with Crippen molar-refractivity contribution in [2.45, 2.75) is 6.18 Å². The number of alkyl halides is 3. The number of carbonyl (C=O) groups excluding carboxylic acids is 1. The topological polar surface area (TPSA) is 49.4 Å². The molecule has 3 nitrogen and oxygen atoms in total. The third-order valence-corrected chi connectivity index (χ3v) is 1.77. The molecule has 1 rings (SSSR count). The molecule has 0 spiro atoms. The molecule has 1 aromatic carbocycles. The number of halogens is 4. The van der Waals surface area contributed by atoms with Crippen LogP contribution in [-0.4, -0.2) is 18.8 Å². The molecule has 0 aromatic heterocycles. The fraction of sp³-hybridized carbons (Fsp3) is 0.182. The first-order valence-corrected chi connectivity index (χ1v) is 4.67. The molecule has 0 aliphatic heterocycles. The van der Waals surface area contributed by atoms with E-state index in [2.05, 4.69) is 4.74 Å². The molecule has 1 aromatic rings. The molecule has 0 aliphatic carbocycles. The van der Waals surface area contributed by atoms with Crippen LogP contribution in [0.4, 0.5) is 17.6 Å². The summed E-state index contributed by atoms with van der Waals surface area (Å²) in [7, 11) is 0. The Labute approximate surface area is 99.3 Å². The van der Waals surface area contributed by atoms with E-state index in [1.165, 1.54) is 12.1 Å². The first-order valence-electron chi connectivity index (χ1n) is 4.67. The lowest BCUT2D eigenvalue weighted by atomic mass is 10.1. The van der Waals surface area contributed by atoms with Crippen LogP contribution in [0, 0.1) is 5.82 Å². The first-order chi connectivity index (χ1) is 8.29. The van der Waals surface area contributed by atoms with E-state index in [0.29, 0.717) is 0 Å². The van der Waals surface area contributed by atoms with E-state index in [1.54, 1.807) is 0 Å². The molecule has 0 bridgehead atoms. The van der Waals surface area contributed by atoms with Gasteiger partial charge in [-0.15, -0.1) is 0 Å². The number of benzene rings is 1. The van der Waals surface area contributed by atoms with E-state index in [0.717, 1.165) is 12.1 Å². The van der Waals surface area contributed by atoms with Gasteiger partial charge in [0.2, 0.25) is 0 Å². The lowest BCUT2D eigenvalue weighted by Crippen LogP contribution is -2.20. The average molecular weight is 263 g/mol. The Morgan fingerprint density at radius 2 is 1.94 bits per heavy atom. The van der Waals surface area contributed by atoms with Gasteiger partial charge in [0.1, 0.15) is 5.82 Å². The molecule has 0 N–H and O–H groups in total. The maximum Gasteiger partial charge on any atom is 0.422 e. The molecule has 7 heteroatoms. The summed E-state index contributed by atoms with van der Waals surface area (Å²) in [5.74, 6) is -3.40. The van der Waals surface area contributed by atoms with Crippen LogP contribution in [0.1, 0.15) is 5.56 Å². The number of rotatable bonds is 3. The number of esters is 1. The minimum atomic E-state index is -4.68. The summed E-state index contributed by atoms with van der Waals surface area (Å²) in [5, 5.41) is 11.3. The molecule has 0 fully saturated rings. The third kappa shape index (κ3) is 4.44. The molecule has 18 heavy (non-hydrogen) atoms. The van der Waals surface area contributed by atoms with E-state index < -0.39 is 35.9 Å². The fourth-order valence-corrected chi connectivity index (χ4v) is 1.04. The van der Waals surface area contributed by atoms with Gasteiger partial charge in [-0.1, -0.05) is 24.0 Å². The standard InChI is InChI=1S/C11H8F4O3/c12-8-4-2-1-3-7(8)9(16)5-10(17)18-6-11(13,14)15/h1-5,16H,6H2/p-1/b9-5-. The molecule has 98 valence electrons. The van der Waals surface area contributed by atoms with Crippen LogP contribution in [0.2, 0.25) is 0 Å². The highest BCUT2D eigenvalue weighted by atomic mass is 19.4. The maximum absolute atomic E-state index is 13.1. The largest absolute Gasteiger partial charge is 0.872 e. The number of hydrogen-bond acceptors (Lipinski definition) is 3. The monoisotopic (exact) mass is 263 g/mol. The Balaban J connectivity index is 2.72. The zero-order valence-electron chi connectivity index (χ0n) is 8.83. The van der Waals surface area contributed by atoms with Gasteiger partial charge in [-0.25, -0.2) is 9.18 Å². The highest BCUT2D eigenvalue weighted by Gasteiger charge is 2.29. The minimum absolute atomic E-state index is 0.268. The summed E-state index contributed by atoms with van der Waals surface area (Å²) < 4.78 is 52.0. The normalized spacial score (nSPS) is 12.3. The van der Waals surface area contributed by atoms with Gasteiger partial charge in [0, 0.05) is 11.6 Å². The van der Waals surface area contributed by atoms with Crippen molar-refractivity contribution >= 4 is 11.7 Å². The fourth-order valence-electron chi connectivity index (χ4n) is 1.04. The summed E-state index contributed by atoms with van der Waals surface area (Å²) in [6, 6.07) is 4.77. The molecule has 0 radical (unpaired) electrons. The average Bonchev–Trinajstić information content (AvgIpc) is 2.26. The lowest BCUT2D eigenvalue weighted by Gasteiger charge is -2.13. The molecule has 0 unspecified atom stereocenters. The zero-order valence-corrected chi connectivity index (χ0v) is 8.83. The van der Waals surface area contributed by atoms with Gasteiger partial charge in [0.25, 0.3) is 0 Å². The quantitative estimate of drug-likeness (QED) is 0.360. The summed E-state index contributed by atoms with van der Waals surface area (Å²) in [6.45, 7) is -1.80. The Morgan fingerprint density at radius 1 is 1.33 bits per heavy atom. The molecule has 0 aliphatic rings. The Morgan fingerprint density at radius 3 is 2.50 bits per heavy atom. The van der Waals surface area contributed by atoms with Gasteiger partial charge >= 0.3 is 12.1 Å². The SMILES string of the molecule is O=C(/C=C(\[O-])c1ccccc1F)OCC(F)(F)F. The second kappa shape index (κ2) is 5.52. The van der Waals surface area contributed by atoms with Crippen molar-refractivity contribution in [2.75, 3.05) is 6.61 Å². The second-order valence-electron chi connectivity index (χ2n) is 3.21. The smallest absolute Gasteiger partial charge is 0.422 e. The van der Waals surface area contributed by atoms with Crippen molar-refractivity contribution < 1.29 is 32.2 Å². The summed E-state index contributed by atoms with van der Waals surface area (Å²) in [4.78, 5) is 10.9. The van der Waals surface area contributed by atoms with Crippen molar-refractivity contribution in [1.29, 1.82) is 0 Å².